The molecule has 0 bridgehead atoms. The minimum absolute atomic E-state index is 0.276. The zero-order valence-electron chi connectivity index (χ0n) is 12.6. The fraction of sp³-hybridized carbons (Fsp3) is 0.333. The van der Waals surface area contributed by atoms with Crippen LogP contribution in [0.2, 0.25) is 0 Å². The number of sulfonamides is 1. The van der Waals surface area contributed by atoms with Crippen LogP contribution in [0.5, 0.6) is 0 Å². The Hall–Kier alpha value is -1.79. The Morgan fingerprint density at radius 1 is 1.19 bits per heavy atom. The van der Waals surface area contributed by atoms with Crippen LogP contribution in [0.1, 0.15) is 18.2 Å². The van der Waals surface area contributed by atoms with Crippen molar-refractivity contribution in [1.29, 1.82) is 0 Å². The van der Waals surface area contributed by atoms with Crippen molar-refractivity contribution in [3.63, 3.8) is 0 Å². The van der Waals surface area contributed by atoms with Crippen molar-refractivity contribution in [2.45, 2.75) is 25.3 Å². The van der Waals surface area contributed by atoms with E-state index in [9.17, 15) is 8.42 Å². The quantitative estimate of drug-likeness (QED) is 0.860. The Bertz CT molecular complexity index is 703. The second-order valence-corrected chi connectivity index (χ2v) is 6.71. The lowest BCUT2D eigenvalue weighted by atomic mass is 10.2. The SMILES string of the molecule is CCNCc1cc(S(=O)(=O)Nc2ccc(C)cc2)cn1C. The maximum Gasteiger partial charge on any atom is 0.263 e. The minimum Gasteiger partial charge on any atom is -0.352 e. The molecule has 1 aromatic heterocycles. The predicted octanol–water partition coefficient (Wildman–Crippen LogP) is 2.24. The summed E-state index contributed by atoms with van der Waals surface area (Å²) in [6.07, 6.45) is 1.63. The van der Waals surface area contributed by atoms with Crippen LogP contribution in [0.4, 0.5) is 5.69 Å². The Kier molecular flexibility index (Phi) is 4.69. The fourth-order valence-electron chi connectivity index (χ4n) is 1.99. The summed E-state index contributed by atoms with van der Waals surface area (Å²) in [7, 11) is -1.71. The van der Waals surface area contributed by atoms with Crippen LogP contribution in [-0.4, -0.2) is 19.5 Å². The van der Waals surface area contributed by atoms with Gasteiger partial charge in [-0.1, -0.05) is 24.6 Å². The molecule has 0 aliphatic heterocycles. The van der Waals surface area contributed by atoms with Crippen LogP contribution in [-0.2, 0) is 23.6 Å². The molecule has 6 heteroatoms. The predicted molar refractivity (Wildman–Crippen MR) is 84.8 cm³/mol. The maximum atomic E-state index is 12.4. The molecule has 0 saturated heterocycles. The molecule has 0 saturated carbocycles. The van der Waals surface area contributed by atoms with Gasteiger partial charge in [0, 0.05) is 31.2 Å². The van der Waals surface area contributed by atoms with Gasteiger partial charge in [0.1, 0.15) is 4.90 Å². The van der Waals surface area contributed by atoms with Crippen LogP contribution >= 0.6 is 0 Å². The van der Waals surface area contributed by atoms with Gasteiger partial charge < -0.3 is 9.88 Å². The minimum atomic E-state index is -3.55. The molecule has 0 aliphatic carbocycles. The molecule has 1 aromatic carbocycles. The second kappa shape index (κ2) is 6.32. The topological polar surface area (TPSA) is 63.1 Å². The molecule has 5 nitrogen and oxygen atoms in total. The molecule has 0 radical (unpaired) electrons. The van der Waals surface area contributed by atoms with Crippen molar-refractivity contribution in [1.82, 2.24) is 9.88 Å². The summed E-state index contributed by atoms with van der Waals surface area (Å²) in [4.78, 5) is 0.276. The van der Waals surface area contributed by atoms with E-state index in [1.165, 1.54) is 0 Å². The van der Waals surface area contributed by atoms with Gasteiger partial charge in [-0.3, -0.25) is 4.72 Å². The average Bonchev–Trinajstić information content (AvgIpc) is 2.81. The highest BCUT2D eigenvalue weighted by Gasteiger charge is 2.17. The molecule has 0 spiro atoms. The molecule has 2 aromatic rings. The summed E-state index contributed by atoms with van der Waals surface area (Å²) in [6.45, 7) is 5.46. The van der Waals surface area contributed by atoms with Gasteiger partial charge in [0.05, 0.1) is 0 Å². The van der Waals surface area contributed by atoms with E-state index in [-0.39, 0.29) is 4.90 Å². The summed E-state index contributed by atoms with van der Waals surface area (Å²) in [5.41, 5.74) is 2.59. The molecule has 0 fully saturated rings. The molecule has 0 amide bonds. The van der Waals surface area contributed by atoms with E-state index >= 15 is 0 Å². The van der Waals surface area contributed by atoms with Gasteiger partial charge in [0.2, 0.25) is 0 Å². The van der Waals surface area contributed by atoms with Gasteiger partial charge in [0.15, 0.2) is 0 Å². The van der Waals surface area contributed by atoms with Gasteiger partial charge in [0.25, 0.3) is 10.0 Å². The Morgan fingerprint density at radius 3 is 2.48 bits per heavy atom. The van der Waals surface area contributed by atoms with Crippen molar-refractivity contribution in [3.8, 4) is 0 Å². The van der Waals surface area contributed by atoms with Gasteiger partial charge >= 0.3 is 0 Å². The summed E-state index contributed by atoms with van der Waals surface area (Å²) >= 11 is 0. The van der Waals surface area contributed by atoms with Crippen molar-refractivity contribution in [2.24, 2.45) is 7.05 Å². The van der Waals surface area contributed by atoms with E-state index < -0.39 is 10.0 Å². The molecule has 0 atom stereocenters. The van der Waals surface area contributed by atoms with Gasteiger partial charge in [-0.2, -0.15) is 0 Å². The van der Waals surface area contributed by atoms with E-state index in [1.807, 2.05) is 37.6 Å². The zero-order valence-corrected chi connectivity index (χ0v) is 13.4. The number of nitrogens with one attached hydrogen (secondary N) is 2. The highest BCUT2D eigenvalue weighted by atomic mass is 32.2. The molecule has 0 unspecified atom stereocenters. The van der Waals surface area contributed by atoms with Gasteiger partial charge in [-0.15, -0.1) is 0 Å². The van der Waals surface area contributed by atoms with E-state index in [1.54, 1.807) is 24.4 Å². The van der Waals surface area contributed by atoms with Crippen molar-refractivity contribution in [3.05, 3.63) is 47.8 Å². The molecular weight excluding hydrogens is 286 g/mol. The fourth-order valence-corrected chi connectivity index (χ4v) is 3.14. The molecule has 2 rings (SSSR count). The normalized spacial score (nSPS) is 11.6. The number of nitrogens with zero attached hydrogens (tertiary/aromatic N) is 1. The van der Waals surface area contributed by atoms with Crippen LogP contribution < -0.4 is 10.0 Å². The standard InChI is InChI=1S/C15H21N3O2S/c1-4-16-10-14-9-15(11-18(14)3)21(19,20)17-13-7-5-12(2)6-8-13/h5-9,11,16-17H,4,10H2,1-3H3. The summed E-state index contributed by atoms with van der Waals surface area (Å²) in [6, 6.07) is 8.96. The first-order valence-electron chi connectivity index (χ1n) is 6.88. The van der Waals surface area contributed by atoms with Crippen molar-refractivity contribution >= 4 is 15.7 Å². The first-order chi connectivity index (χ1) is 9.92. The van der Waals surface area contributed by atoms with Crippen LogP contribution in [0.3, 0.4) is 0 Å². The summed E-state index contributed by atoms with van der Waals surface area (Å²) in [5, 5.41) is 3.19. The Labute approximate surface area is 126 Å². The largest absolute Gasteiger partial charge is 0.352 e. The maximum absolute atomic E-state index is 12.4. The lowest BCUT2D eigenvalue weighted by molar-refractivity contribution is 0.601. The second-order valence-electron chi connectivity index (χ2n) is 5.03. The number of aromatic nitrogens is 1. The monoisotopic (exact) mass is 307 g/mol. The lowest BCUT2D eigenvalue weighted by Gasteiger charge is -2.06. The summed E-state index contributed by atoms with van der Waals surface area (Å²) in [5.74, 6) is 0. The van der Waals surface area contributed by atoms with Crippen LogP contribution in [0.25, 0.3) is 0 Å². The smallest absolute Gasteiger partial charge is 0.263 e. The highest BCUT2D eigenvalue weighted by Crippen LogP contribution is 2.18. The molecule has 1 heterocycles. The van der Waals surface area contributed by atoms with Crippen molar-refractivity contribution < 1.29 is 8.42 Å². The average molecular weight is 307 g/mol. The number of aryl methyl sites for hydroxylation is 2. The van der Waals surface area contributed by atoms with E-state index in [0.29, 0.717) is 12.2 Å². The molecule has 0 aliphatic rings. The van der Waals surface area contributed by atoms with Gasteiger partial charge in [-0.25, -0.2) is 8.42 Å². The third-order valence-corrected chi connectivity index (χ3v) is 4.60. The molecule has 114 valence electrons. The first kappa shape index (κ1) is 15.6. The number of rotatable bonds is 6. The van der Waals surface area contributed by atoms with Crippen molar-refractivity contribution in [2.75, 3.05) is 11.3 Å². The number of hydrogen-bond donors (Lipinski definition) is 2. The number of benzene rings is 1. The number of hydrogen-bond acceptors (Lipinski definition) is 3. The lowest BCUT2D eigenvalue weighted by Crippen LogP contribution is -2.14. The van der Waals surface area contributed by atoms with E-state index in [4.69, 9.17) is 0 Å². The Balaban J connectivity index is 2.21. The van der Waals surface area contributed by atoms with Crippen LogP contribution in [0.15, 0.2) is 41.4 Å². The first-order valence-corrected chi connectivity index (χ1v) is 8.36. The van der Waals surface area contributed by atoms with Gasteiger partial charge in [-0.05, 0) is 31.7 Å². The number of anilines is 1. The molecule has 21 heavy (non-hydrogen) atoms. The molecule has 2 N–H and O–H groups in total. The van der Waals surface area contributed by atoms with Crippen LogP contribution in [0, 0.1) is 6.92 Å². The zero-order chi connectivity index (χ0) is 15.5. The van der Waals surface area contributed by atoms with E-state index in [0.717, 1.165) is 17.8 Å². The Morgan fingerprint density at radius 2 is 1.86 bits per heavy atom. The highest BCUT2D eigenvalue weighted by molar-refractivity contribution is 7.92. The van der Waals surface area contributed by atoms with E-state index in [2.05, 4.69) is 10.0 Å². The molecular formula is C15H21N3O2S. The third-order valence-electron chi connectivity index (χ3n) is 3.25. The summed E-state index contributed by atoms with van der Waals surface area (Å²) < 4.78 is 29.2. The third kappa shape index (κ3) is 3.86.